The van der Waals surface area contributed by atoms with Crippen molar-refractivity contribution in [3.8, 4) is 5.75 Å². The smallest absolute Gasteiger partial charge is 0.229 e. The highest BCUT2D eigenvalue weighted by atomic mass is 16.5. The molecule has 2 heterocycles. The number of phenols is 1. The van der Waals surface area contributed by atoms with Crippen molar-refractivity contribution >= 4 is 28.4 Å². The Balaban J connectivity index is 1.74. The van der Waals surface area contributed by atoms with Crippen LogP contribution in [0.5, 0.6) is 5.75 Å². The van der Waals surface area contributed by atoms with E-state index in [-0.39, 0.29) is 5.75 Å². The molecule has 122 valence electrons. The van der Waals surface area contributed by atoms with E-state index in [4.69, 9.17) is 9.72 Å². The van der Waals surface area contributed by atoms with Gasteiger partial charge in [-0.1, -0.05) is 12.1 Å². The lowest BCUT2D eigenvalue weighted by molar-refractivity contribution is 0.122. The molecule has 1 saturated heterocycles. The van der Waals surface area contributed by atoms with Crippen LogP contribution in [0.15, 0.2) is 48.5 Å². The molecule has 3 aromatic rings. The zero-order valence-electron chi connectivity index (χ0n) is 13.1. The van der Waals surface area contributed by atoms with E-state index in [0.717, 1.165) is 35.5 Å². The van der Waals surface area contributed by atoms with Crippen LogP contribution in [-0.4, -0.2) is 41.4 Å². The molecule has 1 aliphatic rings. The van der Waals surface area contributed by atoms with Gasteiger partial charge in [-0.2, -0.15) is 4.98 Å². The maximum Gasteiger partial charge on any atom is 0.229 e. The van der Waals surface area contributed by atoms with Gasteiger partial charge < -0.3 is 20.1 Å². The van der Waals surface area contributed by atoms with Crippen molar-refractivity contribution < 1.29 is 9.84 Å². The van der Waals surface area contributed by atoms with Crippen LogP contribution in [-0.2, 0) is 4.74 Å². The molecule has 1 aromatic heterocycles. The van der Waals surface area contributed by atoms with Crippen LogP contribution in [0.25, 0.3) is 10.9 Å². The molecular weight excluding hydrogens is 304 g/mol. The molecule has 0 unspecified atom stereocenters. The fourth-order valence-corrected chi connectivity index (χ4v) is 2.81. The van der Waals surface area contributed by atoms with Gasteiger partial charge >= 0.3 is 0 Å². The number of para-hydroxylation sites is 1. The summed E-state index contributed by atoms with van der Waals surface area (Å²) in [6, 6.07) is 14.9. The Labute approximate surface area is 139 Å². The van der Waals surface area contributed by atoms with E-state index in [0.29, 0.717) is 19.2 Å². The van der Waals surface area contributed by atoms with Crippen molar-refractivity contribution in [3.05, 3.63) is 48.5 Å². The highest BCUT2D eigenvalue weighted by Gasteiger charge is 2.17. The van der Waals surface area contributed by atoms with Crippen LogP contribution in [0.2, 0.25) is 0 Å². The molecule has 1 fully saturated rings. The normalized spacial score (nSPS) is 14.8. The quantitative estimate of drug-likeness (QED) is 0.723. The Morgan fingerprint density at radius 1 is 0.958 bits per heavy atom. The Hall–Kier alpha value is -2.86. The van der Waals surface area contributed by atoms with Crippen molar-refractivity contribution in [2.24, 2.45) is 0 Å². The molecule has 0 saturated carbocycles. The molecule has 0 spiro atoms. The van der Waals surface area contributed by atoms with E-state index in [1.54, 1.807) is 24.3 Å². The number of phenolic OH excluding ortho intramolecular Hbond substituents is 1. The van der Waals surface area contributed by atoms with E-state index >= 15 is 0 Å². The summed E-state index contributed by atoms with van der Waals surface area (Å²) in [5, 5.41) is 13.7. The molecule has 4 rings (SSSR count). The van der Waals surface area contributed by atoms with Crippen molar-refractivity contribution in [3.63, 3.8) is 0 Å². The Bertz CT molecular complexity index is 845. The minimum atomic E-state index is 0.231. The van der Waals surface area contributed by atoms with Crippen LogP contribution in [0.4, 0.5) is 17.5 Å². The summed E-state index contributed by atoms with van der Waals surface area (Å²) in [5.41, 5.74) is 1.73. The number of nitrogens with one attached hydrogen (secondary N) is 1. The monoisotopic (exact) mass is 322 g/mol. The number of hydrogen-bond donors (Lipinski definition) is 2. The molecule has 6 nitrogen and oxygen atoms in total. The second-order valence-electron chi connectivity index (χ2n) is 5.66. The Morgan fingerprint density at radius 3 is 2.50 bits per heavy atom. The number of hydrogen-bond acceptors (Lipinski definition) is 6. The summed E-state index contributed by atoms with van der Waals surface area (Å²) in [6.07, 6.45) is 0. The topological polar surface area (TPSA) is 70.5 Å². The Kier molecular flexibility index (Phi) is 3.88. The third kappa shape index (κ3) is 2.96. The first-order valence-corrected chi connectivity index (χ1v) is 7.95. The molecule has 0 bridgehead atoms. The lowest BCUT2D eigenvalue weighted by Gasteiger charge is -2.29. The van der Waals surface area contributed by atoms with Gasteiger partial charge in [-0.25, -0.2) is 4.98 Å². The molecule has 0 aliphatic carbocycles. The standard InChI is InChI=1S/C18H18N4O2/c23-14-7-5-13(6-8-14)19-18-20-16-4-2-1-3-15(16)17(21-18)22-9-11-24-12-10-22/h1-8,23H,9-12H2,(H,19,20,21). The van der Waals surface area contributed by atoms with Gasteiger partial charge in [-0.05, 0) is 36.4 Å². The third-order valence-corrected chi connectivity index (χ3v) is 4.02. The predicted octanol–water partition coefficient (Wildman–Crippen LogP) is 2.92. The van der Waals surface area contributed by atoms with Gasteiger partial charge in [0.25, 0.3) is 0 Å². The first kappa shape index (κ1) is 14.7. The molecule has 0 atom stereocenters. The van der Waals surface area contributed by atoms with E-state index in [1.165, 1.54) is 0 Å². The van der Waals surface area contributed by atoms with Crippen LogP contribution in [0.3, 0.4) is 0 Å². The summed E-state index contributed by atoms with van der Waals surface area (Å²) in [4.78, 5) is 11.6. The summed E-state index contributed by atoms with van der Waals surface area (Å²) in [6.45, 7) is 3.05. The number of aromatic nitrogens is 2. The highest BCUT2D eigenvalue weighted by molar-refractivity contribution is 5.90. The van der Waals surface area contributed by atoms with Crippen LogP contribution >= 0.6 is 0 Å². The van der Waals surface area contributed by atoms with Gasteiger partial charge in [0.15, 0.2) is 0 Å². The number of aromatic hydroxyl groups is 1. The average Bonchev–Trinajstić information content (AvgIpc) is 2.64. The van der Waals surface area contributed by atoms with Gasteiger partial charge in [-0.3, -0.25) is 0 Å². The maximum absolute atomic E-state index is 9.40. The number of ether oxygens (including phenoxy) is 1. The van der Waals surface area contributed by atoms with Gasteiger partial charge in [0.05, 0.1) is 18.7 Å². The molecule has 2 aromatic carbocycles. The van der Waals surface area contributed by atoms with Crippen LogP contribution in [0, 0.1) is 0 Å². The van der Waals surface area contributed by atoms with E-state index in [1.807, 2.05) is 24.3 Å². The predicted molar refractivity (Wildman–Crippen MR) is 94.0 cm³/mol. The molecule has 1 aliphatic heterocycles. The van der Waals surface area contributed by atoms with E-state index < -0.39 is 0 Å². The van der Waals surface area contributed by atoms with Crippen molar-refractivity contribution in [2.75, 3.05) is 36.5 Å². The van der Waals surface area contributed by atoms with Crippen LogP contribution < -0.4 is 10.2 Å². The van der Waals surface area contributed by atoms with Crippen molar-refractivity contribution in [1.29, 1.82) is 0 Å². The van der Waals surface area contributed by atoms with Crippen molar-refractivity contribution in [1.82, 2.24) is 9.97 Å². The number of benzene rings is 2. The number of fused-ring (bicyclic) bond motifs is 1. The highest BCUT2D eigenvalue weighted by Crippen LogP contribution is 2.27. The van der Waals surface area contributed by atoms with E-state index in [2.05, 4.69) is 15.2 Å². The Morgan fingerprint density at radius 2 is 1.71 bits per heavy atom. The number of nitrogens with zero attached hydrogens (tertiary/aromatic N) is 3. The van der Waals surface area contributed by atoms with Gasteiger partial charge in [0.1, 0.15) is 11.6 Å². The summed E-state index contributed by atoms with van der Waals surface area (Å²) in [7, 11) is 0. The first-order valence-electron chi connectivity index (χ1n) is 7.95. The molecule has 2 N–H and O–H groups in total. The number of morpholine rings is 1. The zero-order valence-corrected chi connectivity index (χ0v) is 13.1. The van der Waals surface area contributed by atoms with Gasteiger partial charge in [0.2, 0.25) is 5.95 Å². The second-order valence-corrected chi connectivity index (χ2v) is 5.66. The SMILES string of the molecule is Oc1ccc(Nc2nc(N3CCOCC3)c3ccccc3n2)cc1. The minimum absolute atomic E-state index is 0.231. The fraction of sp³-hybridized carbons (Fsp3) is 0.222. The molecule has 0 radical (unpaired) electrons. The average molecular weight is 322 g/mol. The molecular formula is C18H18N4O2. The maximum atomic E-state index is 9.40. The fourth-order valence-electron chi connectivity index (χ4n) is 2.81. The second kappa shape index (κ2) is 6.33. The molecule has 6 heteroatoms. The molecule has 0 amide bonds. The van der Waals surface area contributed by atoms with Crippen LogP contribution in [0.1, 0.15) is 0 Å². The van der Waals surface area contributed by atoms with Gasteiger partial charge in [0, 0.05) is 24.2 Å². The lowest BCUT2D eigenvalue weighted by atomic mass is 10.2. The summed E-state index contributed by atoms with van der Waals surface area (Å²) in [5.74, 6) is 1.69. The van der Waals surface area contributed by atoms with Crippen molar-refractivity contribution in [2.45, 2.75) is 0 Å². The summed E-state index contributed by atoms with van der Waals surface area (Å²) >= 11 is 0. The first-order chi connectivity index (χ1) is 11.8. The molecule has 24 heavy (non-hydrogen) atoms. The zero-order chi connectivity index (χ0) is 16.4. The van der Waals surface area contributed by atoms with Gasteiger partial charge in [-0.15, -0.1) is 0 Å². The van der Waals surface area contributed by atoms with E-state index in [9.17, 15) is 5.11 Å². The summed E-state index contributed by atoms with van der Waals surface area (Å²) < 4.78 is 5.45. The number of anilines is 3. The number of rotatable bonds is 3. The third-order valence-electron chi connectivity index (χ3n) is 4.02. The largest absolute Gasteiger partial charge is 0.508 e. The minimum Gasteiger partial charge on any atom is -0.508 e. The lowest BCUT2D eigenvalue weighted by Crippen LogP contribution is -2.37.